The molecule has 1 saturated heterocycles. The average molecular weight is 448 g/mol. The number of likely N-dealkylation sites (tertiary alicyclic amines) is 1. The lowest BCUT2D eigenvalue weighted by Gasteiger charge is -2.17. The lowest BCUT2D eigenvalue weighted by molar-refractivity contribution is 0.172. The van der Waals surface area contributed by atoms with Gasteiger partial charge in [0.1, 0.15) is 12.4 Å². The van der Waals surface area contributed by atoms with Gasteiger partial charge in [-0.25, -0.2) is 4.39 Å². The number of benzene rings is 2. The smallest absolute Gasteiger partial charge is 0.258 e. The van der Waals surface area contributed by atoms with Gasteiger partial charge in [0.2, 0.25) is 0 Å². The first-order valence-corrected chi connectivity index (χ1v) is 11.0. The SMILES string of the molecule is NC1(F)CCN(CCn2ncc3cc(-n4ccc(OCc5ccccc5)cc4=O)ccc32)C1. The number of fused-ring (bicyclic) bond motifs is 1. The number of aromatic nitrogens is 3. The van der Waals surface area contributed by atoms with Crippen LogP contribution < -0.4 is 16.0 Å². The molecule has 1 aliphatic heterocycles. The van der Waals surface area contributed by atoms with E-state index in [-0.39, 0.29) is 12.1 Å². The fraction of sp³-hybridized carbons (Fsp3) is 0.280. The van der Waals surface area contributed by atoms with E-state index >= 15 is 0 Å². The summed E-state index contributed by atoms with van der Waals surface area (Å²) < 4.78 is 23.1. The molecule has 8 heteroatoms. The van der Waals surface area contributed by atoms with Crippen molar-refractivity contribution in [2.45, 2.75) is 25.4 Å². The van der Waals surface area contributed by atoms with E-state index in [0.717, 1.165) is 22.2 Å². The van der Waals surface area contributed by atoms with E-state index in [1.54, 1.807) is 23.0 Å². The van der Waals surface area contributed by atoms with Gasteiger partial charge >= 0.3 is 0 Å². The third-order valence-corrected chi connectivity index (χ3v) is 6.00. The molecule has 1 aliphatic rings. The van der Waals surface area contributed by atoms with Crippen molar-refractivity contribution >= 4 is 10.9 Å². The van der Waals surface area contributed by atoms with Crippen LogP contribution >= 0.6 is 0 Å². The van der Waals surface area contributed by atoms with Gasteiger partial charge in [-0.15, -0.1) is 0 Å². The molecule has 5 rings (SSSR count). The zero-order chi connectivity index (χ0) is 22.8. The van der Waals surface area contributed by atoms with Gasteiger partial charge in [0, 0.05) is 49.4 Å². The predicted molar refractivity (Wildman–Crippen MR) is 125 cm³/mol. The molecular weight excluding hydrogens is 421 g/mol. The molecule has 0 spiro atoms. The number of ether oxygens (including phenoxy) is 1. The number of nitrogens with two attached hydrogens (primary N) is 1. The standard InChI is InChI=1S/C25H26FN5O2/c26-25(27)9-11-29(18-25)12-13-31-23-7-6-21(14-20(23)16-28-31)30-10-8-22(15-24(30)32)33-17-19-4-2-1-3-5-19/h1-8,10,14-16H,9,11-13,17-18,27H2. The van der Waals surface area contributed by atoms with E-state index in [1.165, 1.54) is 6.07 Å². The van der Waals surface area contributed by atoms with Crippen LogP contribution in [0.4, 0.5) is 4.39 Å². The Balaban J connectivity index is 1.28. The highest BCUT2D eigenvalue weighted by Gasteiger charge is 2.33. The third kappa shape index (κ3) is 4.81. The van der Waals surface area contributed by atoms with Crippen LogP contribution in [0.25, 0.3) is 16.6 Å². The Morgan fingerprint density at radius 2 is 1.94 bits per heavy atom. The molecule has 170 valence electrons. The molecule has 0 saturated carbocycles. The van der Waals surface area contributed by atoms with Crippen molar-refractivity contribution in [3.05, 3.63) is 89.0 Å². The summed E-state index contributed by atoms with van der Waals surface area (Å²) in [5.74, 6) is -1.05. The summed E-state index contributed by atoms with van der Waals surface area (Å²) in [4.78, 5) is 14.7. The minimum Gasteiger partial charge on any atom is -0.489 e. The van der Waals surface area contributed by atoms with Crippen LogP contribution in [0.1, 0.15) is 12.0 Å². The third-order valence-electron chi connectivity index (χ3n) is 6.00. The van der Waals surface area contributed by atoms with Crippen molar-refractivity contribution in [1.29, 1.82) is 0 Å². The molecule has 3 heterocycles. The lowest BCUT2D eigenvalue weighted by Crippen LogP contribution is -2.38. The van der Waals surface area contributed by atoms with E-state index in [1.807, 2.05) is 58.1 Å². The molecular formula is C25H26FN5O2. The first kappa shape index (κ1) is 21.4. The Morgan fingerprint density at radius 1 is 1.09 bits per heavy atom. The van der Waals surface area contributed by atoms with E-state index in [4.69, 9.17) is 10.5 Å². The van der Waals surface area contributed by atoms with Crippen LogP contribution in [0.3, 0.4) is 0 Å². The van der Waals surface area contributed by atoms with Crippen molar-refractivity contribution in [3.63, 3.8) is 0 Å². The van der Waals surface area contributed by atoms with Crippen LogP contribution in [-0.4, -0.2) is 44.7 Å². The number of rotatable bonds is 7. The van der Waals surface area contributed by atoms with Gasteiger partial charge in [-0.2, -0.15) is 5.10 Å². The van der Waals surface area contributed by atoms with E-state index in [9.17, 15) is 9.18 Å². The fourth-order valence-electron chi connectivity index (χ4n) is 4.21. The van der Waals surface area contributed by atoms with E-state index in [0.29, 0.717) is 38.4 Å². The first-order chi connectivity index (χ1) is 16.0. The Bertz CT molecular complexity index is 1320. The van der Waals surface area contributed by atoms with Gasteiger partial charge in [0.15, 0.2) is 5.79 Å². The van der Waals surface area contributed by atoms with Crippen LogP contribution in [0, 0.1) is 0 Å². The monoisotopic (exact) mass is 447 g/mol. The zero-order valence-electron chi connectivity index (χ0n) is 18.2. The maximum absolute atomic E-state index is 13.8. The summed E-state index contributed by atoms with van der Waals surface area (Å²) >= 11 is 0. The summed E-state index contributed by atoms with van der Waals surface area (Å²) in [6.45, 7) is 2.65. The molecule has 0 aliphatic carbocycles. The highest BCUT2D eigenvalue weighted by molar-refractivity contribution is 5.80. The Morgan fingerprint density at radius 3 is 2.70 bits per heavy atom. The maximum atomic E-state index is 13.8. The quantitative estimate of drug-likeness (QED) is 0.441. The summed E-state index contributed by atoms with van der Waals surface area (Å²) in [5, 5.41) is 5.41. The molecule has 2 aromatic heterocycles. The maximum Gasteiger partial charge on any atom is 0.258 e. The molecule has 1 unspecified atom stereocenters. The molecule has 0 bridgehead atoms. The second kappa shape index (κ2) is 8.80. The number of nitrogens with zero attached hydrogens (tertiary/aromatic N) is 4. The number of alkyl halides is 1. The van der Waals surface area contributed by atoms with Gasteiger partial charge in [-0.3, -0.25) is 24.7 Å². The van der Waals surface area contributed by atoms with Crippen molar-refractivity contribution in [3.8, 4) is 11.4 Å². The molecule has 2 aromatic carbocycles. The number of hydrogen-bond acceptors (Lipinski definition) is 5. The largest absolute Gasteiger partial charge is 0.489 e. The highest BCUT2D eigenvalue weighted by atomic mass is 19.1. The second-order valence-electron chi connectivity index (χ2n) is 8.52. The molecule has 33 heavy (non-hydrogen) atoms. The summed E-state index contributed by atoms with van der Waals surface area (Å²) in [6.07, 6.45) is 3.87. The Kier molecular flexibility index (Phi) is 5.70. The number of pyridine rings is 1. The minimum atomic E-state index is -1.59. The fourth-order valence-corrected chi connectivity index (χ4v) is 4.21. The van der Waals surface area contributed by atoms with Crippen molar-refractivity contribution in [2.24, 2.45) is 5.73 Å². The Labute approximate surface area is 190 Å². The van der Waals surface area contributed by atoms with Crippen molar-refractivity contribution in [1.82, 2.24) is 19.2 Å². The molecule has 4 aromatic rings. The van der Waals surface area contributed by atoms with Crippen molar-refractivity contribution < 1.29 is 9.13 Å². The number of halogens is 1. The van der Waals surface area contributed by atoms with Crippen LogP contribution in [0.2, 0.25) is 0 Å². The molecule has 0 amide bonds. The van der Waals surface area contributed by atoms with Crippen LogP contribution in [0.15, 0.2) is 77.9 Å². The van der Waals surface area contributed by atoms with Gasteiger partial charge in [-0.05, 0) is 29.8 Å². The predicted octanol–water partition coefficient (Wildman–Crippen LogP) is 3.10. The van der Waals surface area contributed by atoms with Crippen LogP contribution in [0.5, 0.6) is 5.75 Å². The minimum absolute atomic E-state index is 0.169. The highest BCUT2D eigenvalue weighted by Crippen LogP contribution is 2.21. The number of hydrogen-bond donors (Lipinski definition) is 1. The van der Waals surface area contributed by atoms with Crippen molar-refractivity contribution in [2.75, 3.05) is 19.6 Å². The van der Waals surface area contributed by atoms with E-state index in [2.05, 4.69) is 5.10 Å². The van der Waals surface area contributed by atoms with Gasteiger partial charge < -0.3 is 4.74 Å². The molecule has 1 atom stereocenters. The second-order valence-corrected chi connectivity index (χ2v) is 8.52. The van der Waals surface area contributed by atoms with E-state index < -0.39 is 5.79 Å². The van der Waals surface area contributed by atoms with Crippen LogP contribution in [-0.2, 0) is 13.2 Å². The molecule has 2 N–H and O–H groups in total. The Hall–Kier alpha value is -3.49. The first-order valence-electron chi connectivity index (χ1n) is 11.0. The summed E-state index contributed by atoms with van der Waals surface area (Å²) in [5.41, 5.74) is 8.17. The summed E-state index contributed by atoms with van der Waals surface area (Å²) in [7, 11) is 0. The molecule has 7 nitrogen and oxygen atoms in total. The van der Waals surface area contributed by atoms with Gasteiger partial charge in [0.05, 0.1) is 18.3 Å². The normalized spacial score (nSPS) is 18.7. The zero-order valence-corrected chi connectivity index (χ0v) is 18.2. The lowest BCUT2D eigenvalue weighted by atomic mass is 10.2. The van der Waals surface area contributed by atoms with Gasteiger partial charge in [0.25, 0.3) is 5.56 Å². The molecule has 1 fully saturated rings. The summed E-state index contributed by atoms with van der Waals surface area (Å²) in [6, 6.07) is 18.9. The average Bonchev–Trinajstić information content (AvgIpc) is 3.38. The molecule has 0 radical (unpaired) electrons. The topological polar surface area (TPSA) is 78.3 Å². The van der Waals surface area contributed by atoms with Gasteiger partial charge in [-0.1, -0.05) is 30.3 Å².